The topological polar surface area (TPSA) is 46.2 Å². The molecular weight excluding hydrogens is 392 g/mol. The summed E-state index contributed by atoms with van der Waals surface area (Å²) in [5, 5.41) is 0. The van der Waals surface area contributed by atoms with Gasteiger partial charge in [0.25, 0.3) is 25.6 Å². The lowest BCUT2D eigenvalue weighted by molar-refractivity contribution is -0.163. The predicted octanol–water partition coefficient (Wildman–Crippen LogP) is 4.34. The molecular formula is C8H11Cl2F6O5P. The maximum Gasteiger partial charge on any atom is 0.368 e. The fourth-order valence-electron chi connectivity index (χ4n) is 0.963. The van der Waals surface area contributed by atoms with Crippen LogP contribution in [0.5, 0.6) is 0 Å². The second-order valence-corrected chi connectivity index (χ2v) is 5.37. The summed E-state index contributed by atoms with van der Waals surface area (Å²) < 4.78 is 94.1. The zero-order valence-corrected chi connectivity index (χ0v) is 12.9. The van der Waals surface area contributed by atoms with Gasteiger partial charge < -0.3 is 14.0 Å². The van der Waals surface area contributed by atoms with Gasteiger partial charge >= 0.3 is 8.60 Å². The standard InChI is InChI=1S/C8H11Cl2F6O5P/c9-20-22(21-10)19-3-4(1-17-7(15)5(11)12)2-18-8(16)6(13)14/h4-8H,1-3H2. The van der Waals surface area contributed by atoms with Crippen LogP contribution in [0.4, 0.5) is 26.3 Å². The first kappa shape index (κ1) is 22.4. The monoisotopic (exact) mass is 402 g/mol. The van der Waals surface area contributed by atoms with Gasteiger partial charge in [0.15, 0.2) is 0 Å². The summed E-state index contributed by atoms with van der Waals surface area (Å²) in [5.41, 5.74) is 0. The van der Waals surface area contributed by atoms with Crippen molar-refractivity contribution in [2.24, 2.45) is 5.92 Å². The Hall–Kier alpha value is 0.390. The molecule has 0 heterocycles. The van der Waals surface area contributed by atoms with E-state index in [1.807, 2.05) is 0 Å². The van der Waals surface area contributed by atoms with Crippen molar-refractivity contribution in [3.8, 4) is 0 Å². The minimum absolute atomic E-state index is 0.489. The Morgan fingerprint density at radius 1 is 0.727 bits per heavy atom. The van der Waals surface area contributed by atoms with E-state index >= 15 is 0 Å². The van der Waals surface area contributed by atoms with E-state index < -0.39 is 59.9 Å². The van der Waals surface area contributed by atoms with Gasteiger partial charge in [-0.05, 0) is 0 Å². The first-order chi connectivity index (χ1) is 10.3. The van der Waals surface area contributed by atoms with Crippen molar-refractivity contribution in [3.63, 3.8) is 0 Å². The number of hydrogen-bond donors (Lipinski definition) is 0. The third kappa shape index (κ3) is 10.2. The van der Waals surface area contributed by atoms with Crippen molar-refractivity contribution >= 4 is 32.3 Å². The third-order valence-electron chi connectivity index (χ3n) is 1.91. The van der Waals surface area contributed by atoms with Crippen LogP contribution in [-0.4, -0.2) is 45.4 Å². The minimum atomic E-state index is -3.41. The van der Waals surface area contributed by atoms with Gasteiger partial charge in [-0.25, -0.2) is 26.3 Å². The summed E-state index contributed by atoms with van der Waals surface area (Å²) >= 11 is 9.81. The van der Waals surface area contributed by atoms with Crippen LogP contribution in [0.1, 0.15) is 0 Å². The first-order valence-corrected chi connectivity index (χ1v) is 7.11. The maximum absolute atomic E-state index is 12.6. The van der Waals surface area contributed by atoms with Gasteiger partial charge in [-0.3, -0.25) is 0 Å². The molecule has 0 spiro atoms. The van der Waals surface area contributed by atoms with Crippen LogP contribution < -0.4 is 0 Å². The third-order valence-corrected chi connectivity index (χ3v) is 3.17. The molecule has 22 heavy (non-hydrogen) atoms. The molecule has 0 rings (SSSR count). The summed E-state index contributed by atoms with van der Waals surface area (Å²) in [6.45, 7) is -1.97. The van der Waals surface area contributed by atoms with Crippen molar-refractivity contribution in [2.45, 2.75) is 25.6 Å². The van der Waals surface area contributed by atoms with Crippen LogP contribution >= 0.6 is 32.3 Å². The van der Waals surface area contributed by atoms with Crippen LogP contribution in [0.2, 0.25) is 0 Å². The van der Waals surface area contributed by atoms with E-state index in [0.29, 0.717) is 0 Å². The van der Waals surface area contributed by atoms with Gasteiger partial charge in [0.05, 0.1) is 43.6 Å². The quantitative estimate of drug-likeness (QED) is 0.338. The molecule has 0 aliphatic rings. The highest BCUT2D eigenvalue weighted by Crippen LogP contribution is 2.42. The Morgan fingerprint density at radius 2 is 1.14 bits per heavy atom. The summed E-state index contributed by atoms with van der Waals surface area (Å²) in [6.07, 6.45) is -12.6. The average molecular weight is 403 g/mol. The Bertz CT molecular complexity index is 255. The molecule has 134 valence electrons. The predicted molar refractivity (Wildman–Crippen MR) is 63.9 cm³/mol. The summed E-state index contributed by atoms with van der Waals surface area (Å²) in [5.74, 6) is -1.10. The lowest BCUT2D eigenvalue weighted by Gasteiger charge is -2.20. The van der Waals surface area contributed by atoms with Crippen molar-refractivity contribution in [1.29, 1.82) is 0 Å². The molecule has 0 saturated carbocycles. The fourth-order valence-corrected chi connectivity index (χ4v) is 1.89. The van der Waals surface area contributed by atoms with E-state index in [2.05, 4.69) is 17.6 Å². The molecule has 0 aromatic carbocycles. The SMILES string of the molecule is FC(F)C(F)OCC(COC(F)C(F)F)COP(OCl)OCl. The van der Waals surface area contributed by atoms with Crippen LogP contribution in [0.3, 0.4) is 0 Å². The van der Waals surface area contributed by atoms with Crippen molar-refractivity contribution in [1.82, 2.24) is 0 Å². The minimum Gasteiger partial charge on any atom is -0.343 e. The lowest BCUT2D eigenvalue weighted by atomic mass is 10.2. The molecule has 0 aromatic heterocycles. The van der Waals surface area contributed by atoms with E-state index in [1.54, 1.807) is 0 Å². The molecule has 0 aromatic rings. The highest BCUT2D eigenvalue weighted by molar-refractivity contribution is 7.43. The zero-order chi connectivity index (χ0) is 17.1. The van der Waals surface area contributed by atoms with Crippen LogP contribution in [0, 0.1) is 5.92 Å². The normalized spacial score (nSPS) is 16.5. The smallest absolute Gasteiger partial charge is 0.343 e. The molecule has 0 N–H and O–H groups in total. The highest BCUT2D eigenvalue weighted by Gasteiger charge is 2.26. The number of alkyl halides is 6. The molecule has 0 radical (unpaired) electrons. The molecule has 0 bridgehead atoms. The van der Waals surface area contributed by atoms with Gasteiger partial charge in [-0.2, -0.15) is 8.15 Å². The van der Waals surface area contributed by atoms with E-state index in [-0.39, 0.29) is 0 Å². The van der Waals surface area contributed by atoms with Gasteiger partial charge in [0.2, 0.25) is 0 Å². The molecule has 2 atom stereocenters. The highest BCUT2D eigenvalue weighted by atomic mass is 35.5. The van der Waals surface area contributed by atoms with E-state index in [9.17, 15) is 26.3 Å². The maximum atomic E-state index is 12.6. The molecule has 5 nitrogen and oxygen atoms in total. The average Bonchev–Trinajstić information content (AvgIpc) is 2.48. The zero-order valence-electron chi connectivity index (χ0n) is 10.5. The fraction of sp³-hybridized carbons (Fsp3) is 1.00. The molecule has 2 unspecified atom stereocenters. The van der Waals surface area contributed by atoms with Gasteiger partial charge in [0, 0.05) is 5.92 Å². The van der Waals surface area contributed by atoms with Crippen molar-refractivity contribution in [2.75, 3.05) is 19.8 Å². The van der Waals surface area contributed by atoms with Crippen LogP contribution in [0.15, 0.2) is 0 Å². The molecule has 0 saturated heterocycles. The summed E-state index contributed by atoms with van der Waals surface area (Å²) in [7, 11) is -2.23. The van der Waals surface area contributed by atoms with Crippen molar-refractivity contribution in [3.05, 3.63) is 0 Å². The molecule has 0 fully saturated rings. The summed E-state index contributed by atoms with van der Waals surface area (Å²) in [6, 6.07) is 0. The molecule has 0 amide bonds. The number of rotatable bonds is 13. The van der Waals surface area contributed by atoms with Gasteiger partial charge in [0.1, 0.15) is 0 Å². The molecule has 14 heteroatoms. The number of halogens is 8. The van der Waals surface area contributed by atoms with E-state index in [0.717, 1.165) is 0 Å². The first-order valence-electron chi connectivity index (χ1n) is 5.39. The van der Waals surface area contributed by atoms with Gasteiger partial charge in [-0.1, -0.05) is 0 Å². The Labute approximate surface area is 133 Å². The Kier molecular flexibility index (Phi) is 13.0. The second kappa shape index (κ2) is 12.8. The Morgan fingerprint density at radius 3 is 1.45 bits per heavy atom. The van der Waals surface area contributed by atoms with E-state index in [4.69, 9.17) is 28.3 Å². The van der Waals surface area contributed by atoms with Gasteiger partial charge in [-0.15, -0.1) is 0 Å². The largest absolute Gasteiger partial charge is 0.368 e. The van der Waals surface area contributed by atoms with Crippen LogP contribution in [0.25, 0.3) is 0 Å². The van der Waals surface area contributed by atoms with E-state index in [1.165, 1.54) is 0 Å². The Balaban J connectivity index is 4.35. The van der Waals surface area contributed by atoms with Crippen molar-refractivity contribution < 1.29 is 48.5 Å². The number of ether oxygens (including phenoxy) is 2. The summed E-state index contributed by atoms with van der Waals surface area (Å²) in [4.78, 5) is 0. The number of hydrogen-bond acceptors (Lipinski definition) is 5. The lowest BCUT2D eigenvalue weighted by Crippen LogP contribution is -2.28. The molecule has 0 aliphatic carbocycles. The molecule has 0 aliphatic heterocycles. The second-order valence-electron chi connectivity index (χ2n) is 3.56. The van der Waals surface area contributed by atoms with Crippen LogP contribution in [-0.2, 0) is 22.1 Å².